The Morgan fingerprint density at radius 3 is 2.16 bits per heavy atom. The van der Waals surface area contributed by atoms with Crippen LogP contribution in [0, 0.1) is 0 Å². The van der Waals surface area contributed by atoms with Crippen molar-refractivity contribution < 1.29 is 74.4 Å². The maximum Gasteiger partial charge on any atom is 0.331 e. The maximum absolute atomic E-state index is 12.8. The minimum atomic E-state index is -1.77. The second kappa shape index (κ2) is 14.5. The number of aromatic hydroxyl groups is 4. The topological polar surface area (TPSA) is 245 Å². The Hall–Kier alpha value is -3.51. The van der Waals surface area contributed by atoms with Crippen LogP contribution in [0.4, 0.5) is 0 Å². The van der Waals surface area contributed by atoms with Gasteiger partial charge in [0.05, 0.1) is 19.3 Å². The van der Waals surface area contributed by atoms with Gasteiger partial charge in [-0.1, -0.05) is 12.1 Å². The zero-order chi connectivity index (χ0) is 32.1. The van der Waals surface area contributed by atoms with Crippen molar-refractivity contribution in [1.82, 2.24) is 0 Å². The number of esters is 1. The third-order valence-corrected chi connectivity index (χ3v) is 7.27. The number of carbonyl (C=O) groups is 1. The van der Waals surface area contributed by atoms with Gasteiger partial charge in [-0.15, -0.1) is 0 Å². The highest BCUT2D eigenvalue weighted by Crippen LogP contribution is 2.32. The number of carbonyl (C=O) groups excluding carboxylic acids is 1. The van der Waals surface area contributed by atoms with E-state index in [9.17, 15) is 50.8 Å². The number of aliphatic hydroxyl groups is 5. The molecule has 0 radical (unpaired) electrons. The molecule has 0 unspecified atom stereocenters. The van der Waals surface area contributed by atoms with Crippen LogP contribution in [0.25, 0.3) is 6.08 Å². The number of phenolic OH excluding ortho intramolecular Hbond substituents is 4. The molecule has 2 fully saturated rings. The summed E-state index contributed by atoms with van der Waals surface area (Å²) < 4.78 is 28.2. The number of aliphatic hydroxyl groups excluding tert-OH is 5. The van der Waals surface area contributed by atoms with Crippen LogP contribution in [0.3, 0.4) is 0 Å². The smallest absolute Gasteiger partial charge is 0.331 e. The minimum Gasteiger partial charge on any atom is -0.504 e. The van der Waals surface area contributed by atoms with E-state index in [1.54, 1.807) is 6.07 Å². The number of benzene rings is 2. The molecular weight excluding hydrogens is 588 g/mol. The summed E-state index contributed by atoms with van der Waals surface area (Å²) in [5, 5.41) is 90.5. The first kappa shape index (κ1) is 33.4. The van der Waals surface area contributed by atoms with Gasteiger partial charge in [-0.25, -0.2) is 4.79 Å². The van der Waals surface area contributed by atoms with Crippen LogP contribution in [0.1, 0.15) is 18.1 Å². The zero-order valence-electron chi connectivity index (χ0n) is 23.5. The lowest BCUT2D eigenvalue weighted by molar-refractivity contribution is -0.357. The highest BCUT2D eigenvalue weighted by Gasteiger charge is 2.52. The van der Waals surface area contributed by atoms with Gasteiger partial charge in [0.2, 0.25) is 0 Å². The summed E-state index contributed by atoms with van der Waals surface area (Å²) in [5.74, 6) is -2.40. The molecule has 4 rings (SSSR count). The number of phenols is 4. The van der Waals surface area contributed by atoms with Gasteiger partial charge in [-0.2, -0.15) is 0 Å². The van der Waals surface area contributed by atoms with Crippen molar-refractivity contribution in [1.29, 1.82) is 0 Å². The lowest BCUT2D eigenvalue weighted by Crippen LogP contribution is -2.65. The molecule has 0 aliphatic carbocycles. The fraction of sp³-hybridized carbons (Fsp3) is 0.483. The quantitative estimate of drug-likeness (QED) is 0.0873. The Labute approximate surface area is 251 Å². The highest BCUT2D eigenvalue weighted by atomic mass is 16.7. The largest absolute Gasteiger partial charge is 0.504 e. The number of hydrogen-bond acceptors (Lipinski definition) is 15. The molecule has 9 N–H and O–H groups in total. The lowest BCUT2D eigenvalue weighted by Gasteiger charge is -2.46. The molecule has 2 aliphatic heterocycles. The van der Waals surface area contributed by atoms with Crippen LogP contribution in [0.2, 0.25) is 0 Å². The average molecular weight is 625 g/mol. The van der Waals surface area contributed by atoms with Crippen LogP contribution >= 0.6 is 0 Å². The third-order valence-electron chi connectivity index (χ3n) is 7.27. The van der Waals surface area contributed by atoms with Crippen molar-refractivity contribution in [2.24, 2.45) is 0 Å². The predicted molar refractivity (Wildman–Crippen MR) is 147 cm³/mol. The number of rotatable bonds is 10. The van der Waals surface area contributed by atoms with Crippen molar-refractivity contribution in [3.05, 3.63) is 53.6 Å². The summed E-state index contributed by atoms with van der Waals surface area (Å²) in [7, 11) is 0. The van der Waals surface area contributed by atoms with Crippen LogP contribution in [0.5, 0.6) is 23.0 Å². The van der Waals surface area contributed by atoms with E-state index in [2.05, 4.69) is 0 Å². The summed E-state index contributed by atoms with van der Waals surface area (Å²) in [4.78, 5) is 12.8. The van der Waals surface area contributed by atoms with Gasteiger partial charge in [0.25, 0.3) is 0 Å². The minimum absolute atomic E-state index is 0.0754. The lowest BCUT2D eigenvalue weighted by atomic mass is 9.97. The average Bonchev–Trinajstić information content (AvgIpc) is 2.99. The third kappa shape index (κ3) is 7.76. The molecule has 0 aromatic heterocycles. The molecule has 0 saturated carbocycles. The zero-order valence-corrected chi connectivity index (χ0v) is 23.5. The monoisotopic (exact) mass is 624 g/mol. The van der Waals surface area contributed by atoms with E-state index >= 15 is 0 Å². The molecule has 0 spiro atoms. The summed E-state index contributed by atoms with van der Waals surface area (Å²) in [6.07, 6.45) is -12.6. The van der Waals surface area contributed by atoms with Gasteiger partial charge in [0.1, 0.15) is 36.6 Å². The van der Waals surface area contributed by atoms with Crippen LogP contribution < -0.4 is 0 Å². The fourth-order valence-electron chi connectivity index (χ4n) is 4.76. The van der Waals surface area contributed by atoms with Crippen molar-refractivity contribution >= 4 is 12.0 Å². The summed E-state index contributed by atoms with van der Waals surface area (Å²) in [5.41, 5.74) is 0.914. The molecule has 2 saturated heterocycles. The molecule has 15 nitrogen and oxygen atoms in total. The van der Waals surface area contributed by atoms with Gasteiger partial charge in [0.15, 0.2) is 41.7 Å². The first-order valence-corrected chi connectivity index (χ1v) is 13.7. The van der Waals surface area contributed by atoms with Crippen LogP contribution in [-0.4, -0.2) is 127 Å². The second-order valence-corrected chi connectivity index (χ2v) is 10.4. The van der Waals surface area contributed by atoms with Crippen molar-refractivity contribution in [3.63, 3.8) is 0 Å². The Kier molecular flexibility index (Phi) is 11.0. The molecule has 2 aliphatic rings. The summed E-state index contributed by atoms with van der Waals surface area (Å²) in [6, 6.07) is 7.98. The number of ether oxygens (including phenoxy) is 5. The highest BCUT2D eigenvalue weighted by molar-refractivity contribution is 5.87. The van der Waals surface area contributed by atoms with E-state index in [1.165, 1.54) is 43.3 Å². The fourth-order valence-corrected chi connectivity index (χ4v) is 4.76. The molecule has 10 atom stereocenters. The molecular formula is C29H36O15. The van der Waals surface area contributed by atoms with Crippen LogP contribution in [-0.2, 0) is 34.9 Å². The Balaban J connectivity index is 1.52. The number of hydrogen-bond donors (Lipinski definition) is 9. The van der Waals surface area contributed by atoms with E-state index in [0.29, 0.717) is 11.1 Å². The molecule has 2 aromatic carbocycles. The van der Waals surface area contributed by atoms with Gasteiger partial charge in [0, 0.05) is 6.08 Å². The van der Waals surface area contributed by atoms with Crippen molar-refractivity contribution in [2.75, 3.05) is 13.2 Å². The molecule has 242 valence electrons. The SMILES string of the molecule is C[C@@H]1O[C@@H](O[C@@H]2[C@H](O)[C@H](OCCc3ccc(O)c(O)c3)O[C@H](CO)[C@H]2OC(=O)/C=C/c2ccc(O)c(O)c2)[C@H](O)[C@H](O)[C@@H]1O. The molecule has 15 heteroatoms. The van der Waals surface area contributed by atoms with E-state index in [-0.39, 0.29) is 30.3 Å². The van der Waals surface area contributed by atoms with E-state index < -0.39 is 79.7 Å². The Morgan fingerprint density at radius 1 is 0.818 bits per heavy atom. The predicted octanol–water partition coefficient (Wildman–Crippen LogP) is -1.02. The van der Waals surface area contributed by atoms with Crippen molar-refractivity contribution in [3.8, 4) is 23.0 Å². The first-order valence-electron chi connectivity index (χ1n) is 13.7. The van der Waals surface area contributed by atoms with E-state index in [0.717, 1.165) is 6.08 Å². The standard InChI is InChI=1S/C29H36O15/c1-13-22(36)23(37)24(38)29(41-13)44-27-25(39)28(40-9-8-15-3-6-17(32)19(34)11-15)42-20(12-30)26(27)43-21(35)7-4-14-2-5-16(31)18(33)10-14/h2-7,10-11,13,20,22-34,36-39H,8-9,12H2,1H3/b7-4+/t13-,20+,22+,23+,24+,25-,26+,27+,28+,29-/m0/s1. The normalized spacial score (nSPS) is 32.5. The van der Waals surface area contributed by atoms with Gasteiger partial charge < -0.3 is 69.6 Å². The summed E-state index contributed by atoms with van der Waals surface area (Å²) >= 11 is 0. The molecule has 44 heavy (non-hydrogen) atoms. The molecule has 0 amide bonds. The molecule has 2 heterocycles. The van der Waals surface area contributed by atoms with E-state index in [4.69, 9.17) is 23.7 Å². The summed E-state index contributed by atoms with van der Waals surface area (Å²) in [6.45, 7) is 0.606. The van der Waals surface area contributed by atoms with Gasteiger partial charge >= 0.3 is 5.97 Å². The van der Waals surface area contributed by atoms with Crippen molar-refractivity contribution in [2.45, 2.75) is 74.8 Å². The van der Waals surface area contributed by atoms with Crippen LogP contribution in [0.15, 0.2) is 42.5 Å². The maximum atomic E-state index is 12.8. The Bertz CT molecular complexity index is 1300. The molecule has 0 bridgehead atoms. The second-order valence-electron chi connectivity index (χ2n) is 10.4. The first-order chi connectivity index (χ1) is 20.9. The van der Waals surface area contributed by atoms with E-state index in [1.807, 2.05) is 0 Å². The Morgan fingerprint density at radius 2 is 1.50 bits per heavy atom. The van der Waals surface area contributed by atoms with Gasteiger partial charge in [-0.05, 0) is 54.8 Å². The molecule has 2 aromatic rings. The van der Waals surface area contributed by atoms with Gasteiger partial charge in [-0.3, -0.25) is 0 Å².